The summed E-state index contributed by atoms with van der Waals surface area (Å²) >= 11 is 0. The van der Waals surface area contributed by atoms with Gasteiger partial charge in [0.05, 0.1) is 11.1 Å². The van der Waals surface area contributed by atoms with Gasteiger partial charge in [-0.3, -0.25) is 4.79 Å². The van der Waals surface area contributed by atoms with Crippen molar-refractivity contribution in [3.8, 4) is 0 Å². The first-order valence-corrected chi connectivity index (χ1v) is 8.89. The van der Waals surface area contributed by atoms with E-state index in [-0.39, 0.29) is 23.4 Å². The lowest BCUT2D eigenvalue weighted by atomic mass is 10.2. The molecule has 0 saturated carbocycles. The Kier molecular flexibility index (Phi) is 5.53. The minimum Gasteiger partial charge on any atom is -0.307 e. The maximum Gasteiger partial charge on any atom is 0.256 e. The number of hydrogen-bond donors (Lipinski definition) is 2. The Morgan fingerprint density at radius 2 is 1.96 bits per heavy atom. The van der Waals surface area contributed by atoms with Gasteiger partial charge in [-0.15, -0.1) is 6.58 Å². The Morgan fingerprint density at radius 1 is 1.29 bits per heavy atom. The van der Waals surface area contributed by atoms with Gasteiger partial charge in [0.1, 0.15) is 5.82 Å². The maximum atomic E-state index is 12.3. The van der Waals surface area contributed by atoms with Crippen molar-refractivity contribution in [2.75, 3.05) is 11.9 Å². The van der Waals surface area contributed by atoms with E-state index in [4.69, 9.17) is 0 Å². The molecule has 0 atom stereocenters. The molecule has 0 radical (unpaired) electrons. The molecule has 1 aromatic carbocycles. The Labute approximate surface area is 141 Å². The topological polar surface area (TPSA) is 93.1 Å². The van der Waals surface area contributed by atoms with Gasteiger partial charge in [0.15, 0.2) is 0 Å². The van der Waals surface area contributed by atoms with Crippen molar-refractivity contribution >= 4 is 21.7 Å². The zero-order chi connectivity index (χ0) is 17.7. The molecule has 2 N–H and O–H groups in total. The Balaban J connectivity index is 2.14. The predicted molar refractivity (Wildman–Crippen MR) is 92.4 cm³/mol. The molecule has 7 nitrogen and oxygen atoms in total. The van der Waals surface area contributed by atoms with E-state index in [9.17, 15) is 13.2 Å². The summed E-state index contributed by atoms with van der Waals surface area (Å²) in [6.45, 7) is 7.52. The lowest BCUT2D eigenvalue weighted by molar-refractivity contribution is 0.102. The number of nitrogens with zero attached hydrogens (tertiary/aromatic N) is 2. The van der Waals surface area contributed by atoms with Crippen LogP contribution < -0.4 is 10.0 Å². The van der Waals surface area contributed by atoms with Gasteiger partial charge in [0.2, 0.25) is 10.0 Å². The SMILES string of the molecule is C=CCNS(=O)(=O)c1ccc(C(=O)Nc2ccnn2C(C)C)cc1. The van der Waals surface area contributed by atoms with E-state index in [1.54, 1.807) is 16.9 Å². The fraction of sp³-hybridized carbons (Fsp3) is 0.250. The molecule has 24 heavy (non-hydrogen) atoms. The number of hydrogen-bond acceptors (Lipinski definition) is 4. The molecule has 0 aliphatic rings. The minimum absolute atomic E-state index is 0.0909. The van der Waals surface area contributed by atoms with Crippen molar-refractivity contribution in [3.05, 3.63) is 54.7 Å². The molecule has 8 heteroatoms. The van der Waals surface area contributed by atoms with Gasteiger partial charge in [-0.1, -0.05) is 6.08 Å². The lowest BCUT2D eigenvalue weighted by Gasteiger charge is -2.12. The Morgan fingerprint density at radius 3 is 2.54 bits per heavy atom. The molecule has 0 bridgehead atoms. The van der Waals surface area contributed by atoms with E-state index in [0.717, 1.165) is 0 Å². The first kappa shape index (κ1) is 17.9. The molecule has 1 aromatic heterocycles. The van der Waals surface area contributed by atoms with Gasteiger partial charge in [-0.05, 0) is 38.1 Å². The summed E-state index contributed by atoms with van der Waals surface area (Å²) in [6.07, 6.45) is 3.06. The van der Waals surface area contributed by atoms with Gasteiger partial charge in [0, 0.05) is 24.2 Å². The number of nitrogens with one attached hydrogen (secondary N) is 2. The van der Waals surface area contributed by atoms with E-state index < -0.39 is 10.0 Å². The van der Waals surface area contributed by atoms with Crippen LogP contribution in [0.25, 0.3) is 0 Å². The predicted octanol–water partition coefficient (Wildman–Crippen LogP) is 2.18. The highest BCUT2D eigenvalue weighted by Crippen LogP contribution is 2.15. The third kappa shape index (κ3) is 4.09. The summed E-state index contributed by atoms with van der Waals surface area (Å²) in [4.78, 5) is 12.4. The quantitative estimate of drug-likeness (QED) is 0.750. The average Bonchev–Trinajstić information content (AvgIpc) is 3.01. The zero-order valence-corrected chi connectivity index (χ0v) is 14.4. The molecular weight excluding hydrogens is 328 g/mol. The van der Waals surface area contributed by atoms with Crippen LogP contribution in [0.15, 0.2) is 54.1 Å². The van der Waals surface area contributed by atoms with Crippen molar-refractivity contribution in [1.29, 1.82) is 0 Å². The lowest BCUT2D eigenvalue weighted by Crippen LogP contribution is -2.23. The average molecular weight is 348 g/mol. The normalized spacial score (nSPS) is 11.5. The largest absolute Gasteiger partial charge is 0.307 e. The monoisotopic (exact) mass is 348 g/mol. The summed E-state index contributed by atoms with van der Waals surface area (Å²) in [5.74, 6) is 0.250. The minimum atomic E-state index is -3.60. The smallest absolute Gasteiger partial charge is 0.256 e. The summed E-state index contributed by atoms with van der Waals surface area (Å²) in [5.41, 5.74) is 0.356. The van der Waals surface area contributed by atoms with Crippen LogP contribution in [0.1, 0.15) is 30.2 Å². The van der Waals surface area contributed by atoms with E-state index in [0.29, 0.717) is 11.4 Å². The summed E-state index contributed by atoms with van der Waals surface area (Å²) in [7, 11) is -3.60. The number of rotatable bonds is 7. The molecule has 0 fully saturated rings. The number of anilines is 1. The molecule has 2 rings (SSSR count). The first-order valence-electron chi connectivity index (χ1n) is 7.40. The van der Waals surface area contributed by atoms with Crippen molar-refractivity contribution < 1.29 is 13.2 Å². The number of carbonyl (C=O) groups excluding carboxylic acids is 1. The highest BCUT2D eigenvalue weighted by atomic mass is 32.2. The van der Waals surface area contributed by atoms with Crippen LogP contribution in [0.5, 0.6) is 0 Å². The second kappa shape index (κ2) is 7.41. The standard InChI is InChI=1S/C16H20N4O3S/c1-4-10-18-24(22,23)14-7-5-13(6-8-14)16(21)19-15-9-11-17-20(15)12(2)3/h4-9,11-12,18H,1,10H2,2-3H3,(H,19,21). The van der Waals surface area contributed by atoms with Crippen LogP contribution in [-0.2, 0) is 10.0 Å². The second-order valence-corrected chi connectivity index (χ2v) is 7.14. The van der Waals surface area contributed by atoms with Gasteiger partial charge in [0.25, 0.3) is 5.91 Å². The summed E-state index contributed by atoms with van der Waals surface area (Å²) in [6, 6.07) is 7.52. The van der Waals surface area contributed by atoms with Gasteiger partial charge < -0.3 is 5.32 Å². The number of aromatic nitrogens is 2. The highest BCUT2D eigenvalue weighted by Gasteiger charge is 2.15. The number of sulfonamides is 1. The molecule has 128 valence electrons. The highest BCUT2D eigenvalue weighted by molar-refractivity contribution is 7.89. The molecule has 2 aromatic rings. The van der Waals surface area contributed by atoms with Crippen LogP contribution in [0.2, 0.25) is 0 Å². The zero-order valence-electron chi connectivity index (χ0n) is 13.6. The molecular formula is C16H20N4O3S. The van der Waals surface area contributed by atoms with E-state index in [1.807, 2.05) is 13.8 Å². The summed E-state index contributed by atoms with van der Waals surface area (Å²) in [5, 5.41) is 6.91. The molecule has 1 heterocycles. The van der Waals surface area contributed by atoms with Gasteiger partial charge >= 0.3 is 0 Å². The van der Waals surface area contributed by atoms with Crippen molar-refractivity contribution in [2.45, 2.75) is 24.8 Å². The Hall–Kier alpha value is -2.45. The fourth-order valence-electron chi connectivity index (χ4n) is 2.05. The van der Waals surface area contributed by atoms with E-state index in [2.05, 4.69) is 21.7 Å². The molecule has 0 aliphatic carbocycles. The van der Waals surface area contributed by atoms with Crippen LogP contribution in [0.4, 0.5) is 5.82 Å². The summed E-state index contributed by atoms with van der Waals surface area (Å²) < 4.78 is 28.0. The molecule has 0 spiro atoms. The Bertz CT molecular complexity index is 823. The fourth-order valence-corrected chi connectivity index (χ4v) is 3.05. The number of amides is 1. The second-order valence-electron chi connectivity index (χ2n) is 5.37. The third-order valence-corrected chi connectivity index (χ3v) is 4.69. The van der Waals surface area contributed by atoms with Crippen molar-refractivity contribution in [1.82, 2.24) is 14.5 Å². The molecule has 0 unspecified atom stereocenters. The van der Waals surface area contributed by atoms with Crippen LogP contribution in [0.3, 0.4) is 0 Å². The van der Waals surface area contributed by atoms with E-state index in [1.165, 1.54) is 30.3 Å². The molecule has 0 aliphatic heterocycles. The van der Waals surface area contributed by atoms with Crippen LogP contribution >= 0.6 is 0 Å². The first-order chi connectivity index (χ1) is 11.3. The molecule has 1 amide bonds. The van der Waals surface area contributed by atoms with E-state index >= 15 is 0 Å². The van der Waals surface area contributed by atoms with Gasteiger partial charge in [-0.25, -0.2) is 17.8 Å². The van der Waals surface area contributed by atoms with Crippen LogP contribution in [-0.4, -0.2) is 30.7 Å². The van der Waals surface area contributed by atoms with Crippen LogP contribution in [0, 0.1) is 0 Å². The van der Waals surface area contributed by atoms with Gasteiger partial charge in [-0.2, -0.15) is 5.10 Å². The number of benzene rings is 1. The van der Waals surface area contributed by atoms with Crippen molar-refractivity contribution in [2.24, 2.45) is 0 Å². The maximum absolute atomic E-state index is 12.3. The van der Waals surface area contributed by atoms with Crippen molar-refractivity contribution in [3.63, 3.8) is 0 Å². The molecule has 0 saturated heterocycles. The third-order valence-electron chi connectivity index (χ3n) is 3.25. The number of carbonyl (C=O) groups is 1.